The molecule has 7 nitrogen and oxygen atoms in total. The Bertz CT molecular complexity index is 941. The van der Waals surface area contributed by atoms with Gasteiger partial charge in [0, 0.05) is 5.69 Å². The van der Waals surface area contributed by atoms with Crippen molar-refractivity contribution in [2.45, 2.75) is 24.9 Å². The van der Waals surface area contributed by atoms with Crippen LogP contribution in [-0.2, 0) is 29.8 Å². The van der Waals surface area contributed by atoms with Crippen molar-refractivity contribution >= 4 is 23.3 Å². The number of nitriles is 1. The molecule has 0 saturated heterocycles. The number of benzene rings is 2. The fourth-order valence-corrected chi connectivity index (χ4v) is 5.11. The molecule has 0 aliphatic rings. The van der Waals surface area contributed by atoms with Crippen molar-refractivity contribution in [3.63, 3.8) is 0 Å². The van der Waals surface area contributed by atoms with Gasteiger partial charge in [-0.1, -0.05) is 12.1 Å². The van der Waals surface area contributed by atoms with E-state index in [1.807, 2.05) is 6.07 Å². The third-order valence-electron chi connectivity index (χ3n) is 3.53. The minimum absolute atomic E-state index is 0.0581. The molecule has 0 bridgehead atoms. The fourth-order valence-electron chi connectivity index (χ4n) is 2.35. The highest BCUT2D eigenvalue weighted by Gasteiger charge is 2.24. The molecule has 1 N–H and O–H groups in total. The Labute approximate surface area is 159 Å². The smallest absolute Gasteiger partial charge is 0.309 e. The monoisotopic (exact) mass is 408 g/mol. The predicted molar refractivity (Wildman–Crippen MR) is 103 cm³/mol. The molecular formula is C18H21N2O5PS. The Hall–Kier alpha value is -2.17. The second-order valence-electron chi connectivity index (χ2n) is 5.54. The summed E-state index contributed by atoms with van der Waals surface area (Å²) in [5, 5.41) is 8.79. The summed E-state index contributed by atoms with van der Waals surface area (Å²) in [7, 11) is -6.99. The van der Waals surface area contributed by atoms with E-state index < -0.39 is 17.6 Å². The second-order valence-corrected chi connectivity index (χ2v) is 9.28. The van der Waals surface area contributed by atoms with Crippen LogP contribution in [0.2, 0.25) is 0 Å². The Kier molecular flexibility index (Phi) is 7.17. The van der Waals surface area contributed by atoms with E-state index in [0.29, 0.717) is 16.8 Å². The fraction of sp³-hybridized carbons (Fsp3) is 0.278. The van der Waals surface area contributed by atoms with E-state index in [-0.39, 0.29) is 24.3 Å². The van der Waals surface area contributed by atoms with Crippen LogP contribution in [0, 0.1) is 11.3 Å². The molecule has 0 atom stereocenters. The highest BCUT2D eigenvalue weighted by atomic mass is 32.2. The third kappa shape index (κ3) is 5.91. The lowest BCUT2D eigenvalue weighted by molar-refractivity contribution is 0.219. The molecule has 0 spiro atoms. The number of nitrogens with zero attached hydrogens (tertiary/aromatic N) is 1. The van der Waals surface area contributed by atoms with Crippen LogP contribution in [0.3, 0.4) is 0 Å². The van der Waals surface area contributed by atoms with Crippen molar-refractivity contribution < 1.29 is 22.0 Å². The van der Waals surface area contributed by atoms with Crippen LogP contribution in [0.15, 0.2) is 53.4 Å². The van der Waals surface area contributed by atoms with E-state index >= 15 is 0 Å². The summed E-state index contributed by atoms with van der Waals surface area (Å²) in [6, 6.07) is 14.1. The van der Waals surface area contributed by atoms with Gasteiger partial charge >= 0.3 is 7.60 Å². The van der Waals surface area contributed by atoms with Gasteiger partial charge in [0.05, 0.1) is 35.9 Å². The summed E-state index contributed by atoms with van der Waals surface area (Å²) in [5.41, 5.74) is 1.46. The van der Waals surface area contributed by atoms with E-state index in [9.17, 15) is 13.0 Å². The first-order chi connectivity index (χ1) is 12.8. The lowest BCUT2D eigenvalue weighted by atomic mass is 10.2. The topological polar surface area (TPSA) is 105 Å². The zero-order valence-electron chi connectivity index (χ0n) is 15.1. The number of hydrogen-bond donors (Lipinski definition) is 1. The Morgan fingerprint density at radius 2 is 1.56 bits per heavy atom. The maximum absolute atomic E-state index is 12.6. The zero-order valence-corrected chi connectivity index (χ0v) is 16.8. The van der Waals surface area contributed by atoms with Gasteiger partial charge in [0.1, 0.15) is 0 Å². The van der Waals surface area contributed by atoms with E-state index in [1.54, 1.807) is 38.1 Å². The van der Waals surface area contributed by atoms with Gasteiger partial charge in [-0.05, 0) is 55.8 Å². The number of rotatable bonds is 9. The minimum Gasteiger partial charge on any atom is -0.309 e. The number of anilines is 1. The summed E-state index contributed by atoms with van der Waals surface area (Å²) < 4.78 is 50.4. The molecule has 0 saturated carbocycles. The number of hydrogen-bond acceptors (Lipinski definition) is 6. The Morgan fingerprint density at radius 1 is 1.00 bits per heavy atom. The molecule has 0 aliphatic carbocycles. The maximum atomic E-state index is 12.6. The molecule has 0 fully saturated rings. The normalized spacial score (nSPS) is 11.7. The van der Waals surface area contributed by atoms with Crippen LogP contribution in [-0.4, -0.2) is 21.6 Å². The van der Waals surface area contributed by atoms with Gasteiger partial charge < -0.3 is 9.05 Å². The molecule has 144 valence electrons. The highest BCUT2D eigenvalue weighted by molar-refractivity contribution is 7.92. The Morgan fingerprint density at radius 3 is 2.04 bits per heavy atom. The van der Waals surface area contributed by atoms with E-state index in [1.165, 1.54) is 24.3 Å². The number of nitrogens with one attached hydrogen (secondary N) is 1. The SMILES string of the molecule is CCOP(=O)(Cc1ccc(NS(=O)(=O)c2ccc(C#N)cc2)cc1)OCC. The van der Waals surface area contributed by atoms with Crippen LogP contribution >= 0.6 is 7.60 Å². The van der Waals surface area contributed by atoms with Crippen LogP contribution in [0.25, 0.3) is 0 Å². The largest absolute Gasteiger partial charge is 0.335 e. The van der Waals surface area contributed by atoms with Gasteiger partial charge in [0.15, 0.2) is 0 Å². The molecule has 2 aromatic rings. The van der Waals surface area contributed by atoms with Gasteiger partial charge in [-0.25, -0.2) is 8.42 Å². The van der Waals surface area contributed by atoms with Crippen LogP contribution in [0.5, 0.6) is 0 Å². The van der Waals surface area contributed by atoms with Crippen LogP contribution in [0.4, 0.5) is 5.69 Å². The van der Waals surface area contributed by atoms with Crippen LogP contribution in [0.1, 0.15) is 25.0 Å². The molecule has 0 radical (unpaired) electrons. The molecule has 0 aromatic heterocycles. The summed E-state index contributed by atoms with van der Waals surface area (Å²) in [5.74, 6) is 0. The number of sulfonamides is 1. The molecule has 0 heterocycles. The average molecular weight is 408 g/mol. The van der Waals surface area contributed by atoms with Gasteiger partial charge in [0.25, 0.3) is 10.0 Å². The van der Waals surface area contributed by atoms with Gasteiger partial charge in [-0.2, -0.15) is 5.26 Å². The van der Waals surface area contributed by atoms with Crippen molar-refractivity contribution in [3.05, 3.63) is 59.7 Å². The van der Waals surface area contributed by atoms with Crippen molar-refractivity contribution in [1.82, 2.24) is 0 Å². The summed E-state index contributed by atoms with van der Waals surface area (Å²) in [6.45, 7) is 4.04. The van der Waals surface area contributed by atoms with Crippen LogP contribution < -0.4 is 4.72 Å². The van der Waals surface area contributed by atoms with E-state index in [4.69, 9.17) is 14.3 Å². The first kappa shape index (κ1) is 21.1. The lowest BCUT2D eigenvalue weighted by Crippen LogP contribution is -2.12. The van der Waals surface area contributed by atoms with E-state index in [2.05, 4.69) is 4.72 Å². The first-order valence-corrected chi connectivity index (χ1v) is 11.5. The third-order valence-corrected chi connectivity index (χ3v) is 6.98. The average Bonchev–Trinajstić information content (AvgIpc) is 2.63. The molecule has 0 aliphatic heterocycles. The van der Waals surface area contributed by atoms with Crippen molar-refractivity contribution in [2.24, 2.45) is 0 Å². The van der Waals surface area contributed by atoms with Crippen molar-refractivity contribution in [1.29, 1.82) is 5.26 Å². The Balaban J connectivity index is 2.12. The van der Waals surface area contributed by atoms with Gasteiger partial charge in [-0.3, -0.25) is 9.29 Å². The van der Waals surface area contributed by atoms with Gasteiger partial charge in [-0.15, -0.1) is 0 Å². The molecule has 0 amide bonds. The molecule has 27 heavy (non-hydrogen) atoms. The van der Waals surface area contributed by atoms with Gasteiger partial charge in [0.2, 0.25) is 0 Å². The quantitative estimate of drug-likeness (QED) is 0.626. The van der Waals surface area contributed by atoms with Crippen molar-refractivity contribution in [3.8, 4) is 6.07 Å². The summed E-state index contributed by atoms with van der Waals surface area (Å²) in [4.78, 5) is 0.0581. The minimum atomic E-state index is -3.77. The highest BCUT2D eigenvalue weighted by Crippen LogP contribution is 2.51. The zero-order chi connectivity index (χ0) is 19.9. The molecule has 0 unspecified atom stereocenters. The molecule has 2 aromatic carbocycles. The standard InChI is InChI=1S/C18H21N2O5PS/c1-3-24-26(21,25-4-2)14-16-5-9-17(10-6-16)20-27(22,23)18-11-7-15(13-19)8-12-18/h5-12,20H,3-4,14H2,1-2H3. The molecular weight excluding hydrogens is 387 g/mol. The predicted octanol–water partition coefficient (Wildman–Crippen LogP) is 4.13. The maximum Gasteiger partial charge on any atom is 0.335 e. The molecule has 2 rings (SSSR count). The summed E-state index contributed by atoms with van der Waals surface area (Å²) >= 11 is 0. The first-order valence-electron chi connectivity index (χ1n) is 8.32. The summed E-state index contributed by atoms with van der Waals surface area (Å²) in [6.07, 6.45) is 0.108. The lowest BCUT2D eigenvalue weighted by Gasteiger charge is -2.17. The van der Waals surface area contributed by atoms with Crippen molar-refractivity contribution in [2.75, 3.05) is 17.9 Å². The second kappa shape index (κ2) is 9.16. The van der Waals surface area contributed by atoms with E-state index in [0.717, 1.165) is 0 Å². The molecule has 9 heteroatoms.